The van der Waals surface area contributed by atoms with Crippen molar-refractivity contribution in [1.82, 2.24) is 0 Å². The second-order valence-corrected chi connectivity index (χ2v) is 18.3. The van der Waals surface area contributed by atoms with E-state index in [-0.39, 0.29) is 0 Å². The molecule has 2 nitrogen and oxygen atoms in total. The summed E-state index contributed by atoms with van der Waals surface area (Å²) in [4.78, 5) is 0. The van der Waals surface area contributed by atoms with Crippen molar-refractivity contribution in [3.05, 3.63) is 188 Å². The molecule has 72 heavy (non-hydrogen) atoms. The zero-order chi connectivity index (χ0) is 52.9. The van der Waals surface area contributed by atoms with Crippen molar-refractivity contribution in [3.63, 3.8) is 0 Å². The summed E-state index contributed by atoms with van der Waals surface area (Å²) in [6.07, 6.45) is -9.70. The van der Waals surface area contributed by atoms with Crippen LogP contribution < -0.4 is 30.8 Å². The lowest BCUT2D eigenvalue weighted by atomic mass is 9.17. The Hall–Kier alpha value is -6.87. The van der Waals surface area contributed by atoms with E-state index in [1.807, 2.05) is 0 Å². The molecule has 374 valence electrons. The molecule has 0 amide bonds. The largest absolute Gasteiger partial charge is 0.401 e. The van der Waals surface area contributed by atoms with Gasteiger partial charge in [-0.3, -0.25) is 0 Å². The summed E-state index contributed by atoms with van der Waals surface area (Å²) in [6.45, 7) is 4.55. The monoisotopic (exact) mass is 1030 g/mol. The Kier molecular flexibility index (Phi) is 11.7. The van der Waals surface area contributed by atoms with E-state index in [9.17, 15) is 0 Å². The molecule has 0 aliphatic carbocycles. The molecule has 0 saturated heterocycles. The van der Waals surface area contributed by atoms with Gasteiger partial charge in [-0.2, -0.15) is 0 Å². The Bertz CT molecular complexity index is 3060. The molecule has 2 aliphatic heterocycles. The van der Waals surface area contributed by atoms with E-state index >= 15 is 87.8 Å². The number of rotatable bonds is 6. The molecule has 0 spiro atoms. The summed E-state index contributed by atoms with van der Waals surface area (Å²) in [7, 11) is 0. The molecule has 2 aliphatic rings. The van der Waals surface area contributed by atoms with Gasteiger partial charge >= 0.3 is 12.6 Å². The molecular weight excluding hydrogens is 1010 g/mol. The van der Waals surface area contributed by atoms with Crippen LogP contribution in [0.15, 0.2) is 60.9 Å². The van der Waals surface area contributed by atoms with Crippen LogP contribution in [0.25, 0.3) is 22.5 Å². The molecule has 0 unspecified atom stereocenters. The van der Waals surface area contributed by atoms with Crippen LogP contribution in [0.4, 0.5) is 87.8 Å². The second kappa shape index (κ2) is 16.9. The lowest BCUT2D eigenvalue weighted by molar-refractivity contribution is -0.591. The van der Waals surface area contributed by atoms with Gasteiger partial charge in [0.1, 0.15) is 46.5 Å². The molecule has 1 aromatic heterocycles. The highest BCUT2D eigenvalue weighted by Crippen LogP contribution is 2.47. The molecule has 0 radical (unpaired) electrons. The maximum atomic E-state index is 17.0. The van der Waals surface area contributed by atoms with Crippen LogP contribution in [0.1, 0.15) is 50.5 Å². The van der Waals surface area contributed by atoms with Gasteiger partial charge in [0.2, 0.25) is 11.4 Å². The zero-order valence-electron chi connectivity index (χ0n) is 36.7. The first-order chi connectivity index (χ1) is 33.8. The number of aromatic nitrogens is 2. The number of nitrogens with zero attached hydrogens (tertiary/aromatic N) is 2. The average molecular weight is 1030 g/mol. The maximum Gasteiger partial charge on any atom is 0.352 e. The third kappa shape index (κ3) is 6.15. The highest BCUT2D eigenvalue weighted by atomic mass is 19.2. The first kappa shape index (κ1) is 50.1. The minimum Gasteiger partial charge on any atom is -0.401 e. The lowest BCUT2D eigenvalue weighted by Gasteiger charge is -2.51. The normalized spacial score (nSPS) is 16.5. The molecule has 7 aromatic rings. The summed E-state index contributed by atoms with van der Waals surface area (Å²) in [5.41, 5.74) is -13.0. The molecule has 0 fully saturated rings. The van der Waals surface area contributed by atoms with Crippen molar-refractivity contribution in [2.45, 2.75) is 39.3 Å². The smallest absolute Gasteiger partial charge is 0.352 e. The first-order valence-electron chi connectivity index (χ1n) is 21.4. The summed E-state index contributed by atoms with van der Waals surface area (Å²) < 4.78 is 324. The fourth-order valence-electron chi connectivity index (χ4n) is 12.0. The Morgan fingerprint density at radius 1 is 0.306 bits per heavy atom. The van der Waals surface area contributed by atoms with E-state index in [1.54, 1.807) is 0 Å². The minimum absolute atomic E-state index is 0.291. The van der Waals surface area contributed by atoms with Crippen molar-refractivity contribution in [2.24, 2.45) is 11.8 Å². The zero-order valence-corrected chi connectivity index (χ0v) is 36.7. The van der Waals surface area contributed by atoms with E-state index in [0.717, 1.165) is 76.2 Å². The fraction of sp³-hybridized carbons (Fsp3) is 0.167. The van der Waals surface area contributed by atoms with E-state index in [1.165, 1.54) is 0 Å². The topological polar surface area (TPSA) is 7.76 Å². The second-order valence-electron chi connectivity index (χ2n) is 18.3. The number of benzene rings is 6. The number of hydrogen-bond acceptors (Lipinski definition) is 0. The van der Waals surface area contributed by atoms with E-state index in [0.29, 0.717) is 21.3 Å². The summed E-state index contributed by atoms with van der Waals surface area (Å²) in [5, 5.41) is 0. The molecule has 3 heterocycles. The SMILES string of the molecule is CC(C)[C@@H]1c2ccccc2-c2c[n+]3c(c[n+]2[B-]1(c1c(F)c(F)c(F)c(F)c1F)c1c(F)c(F)c(F)c(F)c1F)-c1ccccc1[C@@H](C(C)C)[B-]3(c1c(F)c(F)c(F)c(F)c1F)c1c(F)c(F)c(F)c(F)c1F. The van der Waals surface area contributed by atoms with Crippen LogP contribution in [0, 0.1) is 128 Å². The van der Waals surface area contributed by atoms with Crippen LogP contribution >= 0.6 is 0 Å². The van der Waals surface area contributed by atoms with Gasteiger partial charge in [-0.1, -0.05) is 121 Å². The highest BCUT2D eigenvalue weighted by molar-refractivity contribution is 6.98. The van der Waals surface area contributed by atoms with Gasteiger partial charge in [-0.15, -0.1) is 0 Å². The number of hydrogen-bond donors (Lipinski definition) is 0. The van der Waals surface area contributed by atoms with Crippen LogP contribution in [0.2, 0.25) is 0 Å². The lowest BCUT2D eigenvalue weighted by Crippen LogP contribution is -2.89. The van der Waals surface area contributed by atoms with Crippen LogP contribution in [0.5, 0.6) is 0 Å². The van der Waals surface area contributed by atoms with Crippen molar-refractivity contribution in [2.75, 3.05) is 0 Å². The van der Waals surface area contributed by atoms with Crippen molar-refractivity contribution < 1.29 is 96.8 Å². The molecule has 9 rings (SSSR count). The van der Waals surface area contributed by atoms with E-state index in [4.69, 9.17) is 0 Å². The molecule has 2 atom stereocenters. The molecule has 24 heteroatoms. The van der Waals surface area contributed by atoms with Crippen LogP contribution in [-0.4, -0.2) is 12.6 Å². The molecular formula is C48H26B2F20N2. The van der Waals surface area contributed by atoms with Gasteiger partial charge in [-0.05, 0) is 12.1 Å². The third-order valence-corrected chi connectivity index (χ3v) is 14.4. The predicted molar refractivity (Wildman–Crippen MR) is 219 cm³/mol. The highest BCUT2D eigenvalue weighted by Gasteiger charge is 2.65. The van der Waals surface area contributed by atoms with Gasteiger partial charge in [0.25, 0.3) is 0 Å². The number of fused-ring (bicyclic) bond motifs is 6. The van der Waals surface area contributed by atoms with Gasteiger partial charge < -0.3 is 8.96 Å². The molecule has 6 aromatic carbocycles. The number of halogens is 20. The fourth-order valence-corrected chi connectivity index (χ4v) is 12.0. The predicted octanol–water partition coefficient (Wildman–Crippen LogP) is 10.2. The van der Waals surface area contributed by atoms with Gasteiger partial charge in [-0.25, -0.2) is 87.8 Å². The van der Waals surface area contributed by atoms with Gasteiger partial charge in [0, 0.05) is 11.1 Å². The summed E-state index contributed by atoms with van der Waals surface area (Å²) in [6, 6.07) is 8.58. The first-order valence-corrected chi connectivity index (χ1v) is 21.4. The van der Waals surface area contributed by atoms with E-state index in [2.05, 4.69) is 0 Å². The quantitative estimate of drug-likeness (QED) is 0.0679. The van der Waals surface area contributed by atoms with Crippen LogP contribution in [0.3, 0.4) is 0 Å². The minimum atomic E-state index is -5.24. The standard InChI is InChI=1S/C48H26B2F20N2/c1-15(2)23-19-11-7-5-9-17(19)21-14-72-22(13-71(21)49(23,25-29(51)37(59)45(67)38(60)30(25)52)26-31(53)39(61)46(68)40(62)32(26)54)18-10-6-8-12-20(18)24(16(3)4)50(72,27-33(55)41(63)47(69)42(64)34(27)56)28-35(57)43(65)48(70)44(66)36(28)58/h5-16,23-24H,1-4H3/t23-,24-/m1/s1. The van der Waals surface area contributed by atoms with Crippen molar-refractivity contribution in [3.8, 4) is 22.5 Å². The summed E-state index contributed by atoms with van der Waals surface area (Å²) >= 11 is 0. The Balaban J connectivity index is 1.68. The third-order valence-electron chi connectivity index (χ3n) is 14.4. The average Bonchev–Trinajstić information content (AvgIpc) is 3.35. The van der Waals surface area contributed by atoms with Crippen LogP contribution in [-0.2, 0) is 0 Å². The Labute approximate surface area is 392 Å². The Morgan fingerprint density at radius 3 is 0.708 bits per heavy atom. The maximum absolute atomic E-state index is 17.0. The van der Waals surface area contributed by atoms with Gasteiger partial charge in [0.15, 0.2) is 82.2 Å². The van der Waals surface area contributed by atoms with E-state index < -0.39 is 208 Å². The van der Waals surface area contributed by atoms with Crippen molar-refractivity contribution in [1.29, 1.82) is 0 Å². The Morgan fingerprint density at radius 2 is 0.500 bits per heavy atom. The molecule has 0 saturated carbocycles. The molecule has 0 N–H and O–H groups in total. The molecule has 0 bridgehead atoms. The summed E-state index contributed by atoms with van der Waals surface area (Å²) in [5.74, 6) is -64.8. The van der Waals surface area contributed by atoms with Crippen molar-refractivity contribution >= 4 is 34.4 Å². The van der Waals surface area contributed by atoms with Gasteiger partial charge in [0.05, 0.1) is 0 Å².